The number of pyridine rings is 1. The number of carbonyl (C=O) groups is 2. The quantitative estimate of drug-likeness (QED) is 0.748. The van der Waals surface area contributed by atoms with Crippen molar-refractivity contribution in [1.29, 1.82) is 0 Å². The Kier molecular flexibility index (Phi) is 4.52. The van der Waals surface area contributed by atoms with Crippen LogP contribution in [-0.2, 0) is 9.53 Å². The summed E-state index contributed by atoms with van der Waals surface area (Å²) >= 11 is 0. The molecular formula is C19H16N2O3. The van der Waals surface area contributed by atoms with Crippen LogP contribution >= 0.6 is 0 Å². The first kappa shape index (κ1) is 15.7. The van der Waals surface area contributed by atoms with E-state index in [9.17, 15) is 9.59 Å². The molecule has 3 aromatic rings. The van der Waals surface area contributed by atoms with E-state index in [4.69, 9.17) is 4.74 Å². The monoisotopic (exact) mass is 320 g/mol. The van der Waals surface area contributed by atoms with Crippen molar-refractivity contribution in [3.63, 3.8) is 0 Å². The van der Waals surface area contributed by atoms with Gasteiger partial charge < -0.3 is 10.1 Å². The molecule has 0 fully saturated rings. The lowest BCUT2D eigenvalue weighted by Crippen LogP contribution is -2.30. The molecule has 0 spiro atoms. The van der Waals surface area contributed by atoms with Gasteiger partial charge in [-0.05, 0) is 31.2 Å². The summed E-state index contributed by atoms with van der Waals surface area (Å²) in [7, 11) is 0. The van der Waals surface area contributed by atoms with Gasteiger partial charge in [0.1, 0.15) is 5.69 Å². The minimum absolute atomic E-state index is 0.174. The molecule has 1 amide bonds. The highest BCUT2D eigenvalue weighted by Crippen LogP contribution is 2.13. The predicted octanol–water partition coefficient (Wildman–Crippen LogP) is 3.42. The van der Waals surface area contributed by atoms with Crippen LogP contribution in [0.1, 0.15) is 17.4 Å². The number of para-hydroxylation sites is 2. The number of nitrogens with zero attached hydrogens (tertiary/aromatic N) is 1. The van der Waals surface area contributed by atoms with Crippen LogP contribution in [0.2, 0.25) is 0 Å². The van der Waals surface area contributed by atoms with Crippen LogP contribution in [-0.4, -0.2) is 23.0 Å². The number of anilines is 1. The van der Waals surface area contributed by atoms with Gasteiger partial charge in [-0.25, -0.2) is 9.78 Å². The fourth-order valence-electron chi connectivity index (χ4n) is 2.22. The highest BCUT2D eigenvalue weighted by atomic mass is 16.5. The number of nitrogens with one attached hydrogen (secondary N) is 1. The highest BCUT2D eigenvalue weighted by molar-refractivity contribution is 5.97. The van der Waals surface area contributed by atoms with Gasteiger partial charge in [-0.3, -0.25) is 4.79 Å². The molecule has 0 bridgehead atoms. The second kappa shape index (κ2) is 6.91. The first-order valence-corrected chi connectivity index (χ1v) is 7.56. The van der Waals surface area contributed by atoms with Gasteiger partial charge in [0.15, 0.2) is 6.10 Å². The summed E-state index contributed by atoms with van der Waals surface area (Å²) in [5, 5.41) is 3.63. The normalized spacial score (nSPS) is 11.7. The summed E-state index contributed by atoms with van der Waals surface area (Å²) in [4.78, 5) is 28.5. The zero-order valence-electron chi connectivity index (χ0n) is 13.1. The van der Waals surface area contributed by atoms with Crippen molar-refractivity contribution < 1.29 is 14.3 Å². The van der Waals surface area contributed by atoms with E-state index in [2.05, 4.69) is 10.3 Å². The van der Waals surface area contributed by atoms with Gasteiger partial charge in [0.2, 0.25) is 0 Å². The number of carbonyl (C=O) groups excluding carboxylic acids is 2. The summed E-state index contributed by atoms with van der Waals surface area (Å²) in [5.74, 6) is -1.02. The average molecular weight is 320 g/mol. The molecule has 3 rings (SSSR count). The third kappa shape index (κ3) is 3.57. The molecule has 0 saturated heterocycles. The Balaban J connectivity index is 1.67. The fraction of sp³-hybridized carbons (Fsp3) is 0.105. The molecule has 1 heterocycles. The minimum atomic E-state index is -0.925. The van der Waals surface area contributed by atoms with E-state index < -0.39 is 18.0 Å². The van der Waals surface area contributed by atoms with E-state index in [1.54, 1.807) is 24.3 Å². The SMILES string of the molecule is C[C@H](OC(=O)c1ccc2ccccc2n1)C(=O)Nc1ccccc1. The van der Waals surface area contributed by atoms with Gasteiger partial charge >= 0.3 is 5.97 Å². The summed E-state index contributed by atoms with van der Waals surface area (Å²) in [6.07, 6.45) is -0.925. The fourth-order valence-corrected chi connectivity index (χ4v) is 2.22. The second-order valence-electron chi connectivity index (χ2n) is 5.29. The molecule has 0 aliphatic heterocycles. The molecule has 5 heteroatoms. The lowest BCUT2D eigenvalue weighted by atomic mass is 10.2. The Morgan fingerprint density at radius 2 is 1.67 bits per heavy atom. The van der Waals surface area contributed by atoms with Gasteiger partial charge in [-0.2, -0.15) is 0 Å². The maximum absolute atomic E-state index is 12.2. The van der Waals surface area contributed by atoms with Crippen LogP contribution < -0.4 is 5.32 Å². The third-order valence-electron chi connectivity index (χ3n) is 3.50. The van der Waals surface area contributed by atoms with E-state index in [-0.39, 0.29) is 5.69 Å². The van der Waals surface area contributed by atoms with Gasteiger partial charge in [-0.15, -0.1) is 0 Å². The van der Waals surface area contributed by atoms with E-state index >= 15 is 0 Å². The topological polar surface area (TPSA) is 68.3 Å². The molecule has 1 atom stereocenters. The number of aromatic nitrogens is 1. The molecule has 1 N–H and O–H groups in total. The standard InChI is InChI=1S/C19H16N2O3/c1-13(18(22)20-15-8-3-2-4-9-15)24-19(23)17-12-11-14-7-5-6-10-16(14)21-17/h2-13H,1H3,(H,20,22)/t13-/m0/s1. The molecule has 0 radical (unpaired) electrons. The van der Waals surface area contributed by atoms with Crippen molar-refractivity contribution in [3.8, 4) is 0 Å². The number of rotatable bonds is 4. The first-order chi connectivity index (χ1) is 11.6. The molecule has 5 nitrogen and oxygen atoms in total. The highest BCUT2D eigenvalue weighted by Gasteiger charge is 2.20. The van der Waals surface area contributed by atoms with Gasteiger partial charge in [0.25, 0.3) is 5.91 Å². The van der Waals surface area contributed by atoms with E-state index in [0.29, 0.717) is 11.2 Å². The molecule has 1 aromatic heterocycles. The van der Waals surface area contributed by atoms with Crippen molar-refractivity contribution >= 4 is 28.5 Å². The molecule has 0 saturated carbocycles. The Labute approximate surface area is 139 Å². The maximum atomic E-state index is 12.2. The van der Waals surface area contributed by atoms with Gasteiger partial charge in [-0.1, -0.05) is 42.5 Å². The molecule has 0 aliphatic carbocycles. The smallest absolute Gasteiger partial charge is 0.357 e. The first-order valence-electron chi connectivity index (χ1n) is 7.56. The van der Waals surface area contributed by atoms with Gasteiger partial charge in [0, 0.05) is 11.1 Å². The number of fused-ring (bicyclic) bond motifs is 1. The summed E-state index contributed by atoms with van der Waals surface area (Å²) in [6.45, 7) is 1.53. The number of amides is 1. The van der Waals surface area contributed by atoms with Crippen molar-refractivity contribution in [1.82, 2.24) is 4.98 Å². The average Bonchev–Trinajstić information content (AvgIpc) is 2.62. The Morgan fingerprint density at radius 3 is 2.46 bits per heavy atom. The molecule has 0 unspecified atom stereocenters. The number of hydrogen-bond acceptors (Lipinski definition) is 4. The van der Waals surface area contributed by atoms with Crippen molar-refractivity contribution in [3.05, 3.63) is 72.4 Å². The zero-order valence-corrected chi connectivity index (χ0v) is 13.1. The minimum Gasteiger partial charge on any atom is -0.448 e. The maximum Gasteiger partial charge on any atom is 0.357 e. The molecule has 120 valence electrons. The number of esters is 1. The van der Waals surface area contributed by atoms with Crippen LogP contribution in [0, 0.1) is 0 Å². The van der Waals surface area contributed by atoms with Crippen molar-refractivity contribution in [2.75, 3.05) is 5.32 Å². The Morgan fingerprint density at radius 1 is 0.958 bits per heavy atom. The molecule has 24 heavy (non-hydrogen) atoms. The van der Waals surface area contributed by atoms with Crippen molar-refractivity contribution in [2.45, 2.75) is 13.0 Å². The number of ether oxygens (including phenoxy) is 1. The third-order valence-corrected chi connectivity index (χ3v) is 3.50. The predicted molar refractivity (Wildman–Crippen MR) is 91.7 cm³/mol. The zero-order chi connectivity index (χ0) is 16.9. The Hall–Kier alpha value is -3.21. The summed E-state index contributed by atoms with van der Waals surface area (Å²) < 4.78 is 5.21. The van der Waals surface area contributed by atoms with E-state index in [0.717, 1.165) is 5.39 Å². The van der Waals surface area contributed by atoms with E-state index in [1.807, 2.05) is 42.5 Å². The number of benzene rings is 2. The molecule has 2 aromatic carbocycles. The Bertz CT molecular complexity index is 878. The van der Waals surface area contributed by atoms with E-state index in [1.165, 1.54) is 6.92 Å². The summed E-state index contributed by atoms with van der Waals surface area (Å²) in [6, 6.07) is 19.9. The lowest BCUT2D eigenvalue weighted by molar-refractivity contribution is -0.123. The van der Waals surface area contributed by atoms with Crippen LogP contribution in [0.25, 0.3) is 10.9 Å². The molecular weight excluding hydrogens is 304 g/mol. The summed E-state index contributed by atoms with van der Waals surface area (Å²) in [5.41, 5.74) is 1.52. The largest absolute Gasteiger partial charge is 0.448 e. The van der Waals surface area contributed by atoms with Crippen LogP contribution in [0.4, 0.5) is 5.69 Å². The van der Waals surface area contributed by atoms with Crippen LogP contribution in [0.3, 0.4) is 0 Å². The van der Waals surface area contributed by atoms with Crippen LogP contribution in [0.15, 0.2) is 66.7 Å². The van der Waals surface area contributed by atoms with Crippen LogP contribution in [0.5, 0.6) is 0 Å². The molecule has 0 aliphatic rings. The van der Waals surface area contributed by atoms with Gasteiger partial charge in [0.05, 0.1) is 5.52 Å². The van der Waals surface area contributed by atoms with Crippen molar-refractivity contribution in [2.24, 2.45) is 0 Å². The second-order valence-corrected chi connectivity index (χ2v) is 5.29. The number of hydrogen-bond donors (Lipinski definition) is 1. The lowest BCUT2D eigenvalue weighted by Gasteiger charge is -2.13.